The minimum atomic E-state index is -0.341. The maximum Gasteiger partial charge on any atom is 0.276 e. The van der Waals surface area contributed by atoms with Gasteiger partial charge in [0.15, 0.2) is 0 Å². The zero-order chi connectivity index (χ0) is 14.8. The fourth-order valence-corrected chi connectivity index (χ4v) is 2.62. The SMILES string of the molecule is CCc1nnc(NC(=O)c2cc3ccccc3c(N)n2)s1. The monoisotopic (exact) mass is 299 g/mol. The van der Waals surface area contributed by atoms with Crippen molar-refractivity contribution in [3.05, 3.63) is 41.0 Å². The van der Waals surface area contributed by atoms with Crippen LogP contribution < -0.4 is 11.1 Å². The number of carbonyl (C=O) groups excluding carboxylic acids is 1. The molecule has 0 radical (unpaired) electrons. The molecular formula is C14H13N5OS. The van der Waals surface area contributed by atoms with Gasteiger partial charge in [-0.1, -0.05) is 42.5 Å². The van der Waals surface area contributed by atoms with E-state index in [2.05, 4.69) is 20.5 Å². The van der Waals surface area contributed by atoms with Crippen molar-refractivity contribution in [3.8, 4) is 0 Å². The van der Waals surface area contributed by atoms with Gasteiger partial charge in [-0.15, -0.1) is 10.2 Å². The number of nitrogens with one attached hydrogen (secondary N) is 1. The van der Waals surface area contributed by atoms with Gasteiger partial charge >= 0.3 is 0 Å². The molecule has 0 spiro atoms. The Hall–Kier alpha value is -2.54. The van der Waals surface area contributed by atoms with Gasteiger partial charge in [0.05, 0.1) is 0 Å². The molecule has 3 rings (SSSR count). The van der Waals surface area contributed by atoms with Crippen molar-refractivity contribution in [2.45, 2.75) is 13.3 Å². The lowest BCUT2D eigenvalue weighted by molar-refractivity contribution is 0.102. The number of pyridine rings is 1. The van der Waals surface area contributed by atoms with Crippen LogP contribution in [0.4, 0.5) is 10.9 Å². The quantitative estimate of drug-likeness (QED) is 0.775. The maximum atomic E-state index is 12.2. The van der Waals surface area contributed by atoms with Crippen LogP contribution in [0.1, 0.15) is 22.4 Å². The van der Waals surface area contributed by atoms with Gasteiger partial charge in [-0.05, 0) is 17.9 Å². The minimum absolute atomic E-state index is 0.263. The van der Waals surface area contributed by atoms with Crippen LogP contribution in [0.5, 0.6) is 0 Å². The largest absolute Gasteiger partial charge is 0.383 e. The number of fused-ring (bicyclic) bond motifs is 1. The van der Waals surface area contributed by atoms with E-state index >= 15 is 0 Å². The number of nitrogens with two attached hydrogens (primary N) is 1. The number of hydrogen-bond acceptors (Lipinski definition) is 6. The zero-order valence-electron chi connectivity index (χ0n) is 11.3. The summed E-state index contributed by atoms with van der Waals surface area (Å²) in [6.07, 6.45) is 0.786. The van der Waals surface area contributed by atoms with Crippen molar-refractivity contribution in [2.24, 2.45) is 0 Å². The lowest BCUT2D eigenvalue weighted by Crippen LogP contribution is -2.14. The second kappa shape index (κ2) is 5.45. The third kappa shape index (κ3) is 2.68. The van der Waals surface area contributed by atoms with E-state index in [4.69, 9.17) is 5.73 Å². The van der Waals surface area contributed by atoms with E-state index in [-0.39, 0.29) is 11.6 Å². The highest BCUT2D eigenvalue weighted by molar-refractivity contribution is 7.15. The van der Waals surface area contributed by atoms with Gasteiger partial charge in [-0.2, -0.15) is 0 Å². The summed E-state index contributed by atoms with van der Waals surface area (Å²) in [4.78, 5) is 16.4. The second-order valence-electron chi connectivity index (χ2n) is 4.42. The highest BCUT2D eigenvalue weighted by atomic mass is 32.1. The Morgan fingerprint density at radius 1 is 1.33 bits per heavy atom. The summed E-state index contributed by atoms with van der Waals surface area (Å²) in [5, 5.41) is 13.6. The number of nitrogens with zero attached hydrogens (tertiary/aromatic N) is 3. The normalized spacial score (nSPS) is 10.7. The molecule has 0 saturated heterocycles. The first-order valence-electron chi connectivity index (χ1n) is 6.46. The molecule has 6 nitrogen and oxygen atoms in total. The number of rotatable bonds is 3. The number of aryl methyl sites for hydroxylation is 1. The first kappa shape index (κ1) is 13.4. The van der Waals surface area contributed by atoms with E-state index in [1.165, 1.54) is 11.3 Å². The summed E-state index contributed by atoms with van der Waals surface area (Å²) in [6, 6.07) is 9.25. The van der Waals surface area contributed by atoms with E-state index in [0.29, 0.717) is 10.9 Å². The lowest BCUT2D eigenvalue weighted by Gasteiger charge is -2.05. The molecule has 0 aliphatic carbocycles. The molecule has 3 N–H and O–H groups in total. The van der Waals surface area contributed by atoms with Crippen molar-refractivity contribution in [3.63, 3.8) is 0 Å². The van der Waals surface area contributed by atoms with Crippen molar-refractivity contribution in [1.29, 1.82) is 0 Å². The third-order valence-corrected chi connectivity index (χ3v) is 3.98. The minimum Gasteiger partial charge on any atom is -0.383 e. The van der Waals surface area contributed by atoms with Gasteiger partial charge in [0.1, 0.15) is 16.5 Å². The number of anilines is 2. The molecule has 0 aliphatic rings. The first-order valence-corrected chi connectivity index (χ1v) is 7.28. The summed E-state index contributed by atoms with van der Waals surface area (Å²) in [7, 11) is 0. The van der Waals surface area contributed by atoms with Gasteiger partial charge in [0.2, 0.25) is 5.13 Å². The number of amides is 1. The molecular weight excluding hydrogens is 286 g/mol. The molecule has 0 bridgehead atoms. The molecule has 2 heterocycles. The number of benzene rings is 1. The summed E-state index contributed by atoms with van der Waals surface area (Å²) in [5.41, 5.74) is 6.16. The van der Waals surface area contributed by atoms with Crippen LogP contribution in [-0.2, 0) is 6.42 Å². The zero-order valence-corrected chi connectivity index (χ0v) is 12.1. The average molecular weight is 299 g/mol. The smallest absolute Gasteiger partial charge is 0.276 e. The molecule has 0 saturated carbocycles. The Bertz CT molecular complexity index is 814. The topological polar surface area (TPSA) is 93.8 Å². The fraction of sp³-hybridized carbons (Fsp3) is 0.143. The standard InChI is InChI=1S/C14H13N5OS/c1-2-11-18-19-14(21-11)17-13(20)10-7-8-5-3-4-6-9(8)12(15)16-10/h3-7H,2H2,1H3,(H2,15,16)(H,17,19,20). The maximum absolute atomic E-state index is 12.2. The molecule has 2 aromatic heterocycles. The van der Waals surface area contributed by atoms with Crippen molar-refractivity contribution in [1.82, 2.24) is 15.2 Å². The molecule has 0 atom stereocenters. The predicted molar refractivity (Wildman–Crippen MR) is 83.4 cm³/mol. The Morgan fingerprint density at radius 3 is 2.90 bits per heavy atom. The van der Waals surface area contributed by atoms with E-state index < -0.39 is 0 Å². The summed E-state index contributed by atoms with van der Waals surface area (Å²) >= 11 is 1.35. The highest BCUT2D eigenvalue weighted by Crippen LogP contribution is 2.21. The summed E-state index contributed by atoms with van der Waals surface area (Å²) < 4.78 is 0. The van der Waals surface area contributed by atoms with Crippen LogP contribution in [0.3, 0.4) is 0 Å². The molecule has 3 aromatic rings. The third-order valence-electron chi connectivity index (χ3n) is 2.99. The van der Waals surface area contributed by atoms with Crippen LogP contribution in [0.2, 0.25) is 0 Å². The van der Waals surface area contributed by atoms with Crippen LogP contribution >= 0.6 is 11.3 Å². The Balaban J connectivity index is 1.90. The van der Waals surface area contributed by atoms with Crippen molar-refractivity contribution < 1.29 is 4.79 Å². The van der Waals surface area contributed by atoms with E-state index in [1.807, 2.05) is 31.2 Å². The van der Waals surface area contributed by atoms with Gasteiger partial charge in [0, 0.05) is 5.39 Å². The van der Waals surface area contributed by atoms with Crippen LogP contribution in [0.25, 0.3) is 10.8 Å². The van der Waals surface area contributed by atoms with Crippen LogP contribution in [0.15, 0.2) is 30.3 Å². The van der Waals surface area contributed by atoms with Gasteiger partial charge in [-0.3, -0.25) is 10.1 Å². The highest BCUT2D eigenvalue weighted by Gasteiger charge is 2.13. The molecule has 1 aromatic carbocycles. The Kier molecular flexibility index (Phi) is 3.49. The molecule has 21 heavy (non-hydrogen) atoms. The van der Waals surface area contributed by atoms with Crippen molar-refractivity contribution >= 4 is 39.0 Å². The lowest BCUT2D eigenvalue weighted by atomic mass is 10.1. The van der Waals surface area contributed by atoms with Gasteiger partial charge < -0.3 is 5.73 Å². The molecule has 0 unspecified atom stereocenters. The van der Waals surface area contributed by atoms with Crippen molar-refractivity contribution in [2.75, 3.05) is 11.1 Å². The fourth-order valence-electron chi connectivity index (χ4n) is 1.95. The summed E-state index contributed by atoms with van der Waals surface area (Å²) in [6.45, 7) is 1.98. The predicted octanol–water partition coefficient (Wildman–Crippen LogP) is 2.48. The van der Waals surface area contributed by atoms with Crippen LogP contribution in [-0.4, -0.2) is 21.1 Å². The molecule has 0 fully saturated rings. The van der Waals surface area contributed by atoms with E-state index in [1.54, 1.807) is 6.07 Å². The molecule has 7 heteroatoms. The number of carbonyl (C=O) groups is 1. The summed E-state index contributed by atoms with van der Waals surface area (Å²) in [5.74, 6) is -0.00369. The van der Waals surface area contributed by atoms with E-state index in [0.717, 1.165) is 22.2 Å². The van der Waals surface area contributed by atoms with Gasteiger partial charge in [-0.25, -0.2) is 4.98 Å². The van der Waals surface area contributed by atoms with Crippen LogP contribution in [0, 0.1) is 0 Å². The molecule has 0 aliphatic heterocycles. The molecule has 106 valence electrons. The first-order chi connectivity index (χ1) is 10.2. The number of aromatic nitrogens is 3. The Labute approximate surface area is 125 Å². The Morgan fingerprint density at radius 2 is 2.14 bits per heavy atom. The average Bonchev–Trinajstić information content (AvgIpc) is 2.95. The number of hydrogen-bond donors (Lipinski definition) is 2. The number of nitrogen functional groups attached to an aromatic ring is 1. The van der Waals surface area contributed by atoms with E-state index in [9.17, 15) is 4.79 Å². The molecule has 1 amide bonds. The van der Waals surface area contributed by atoms with Gasteiger partial charge in [0.25, 0.3) is 5.91 Å². The second-order valence-corrected chi connectivity index (χ2v) is 5.48.